The maximum absolute atomic E-state index is 5.78. The second kappa shape index (κ2) is 5.75. The molecule has 0 aromatic heterocycles. The third-order valence-corrected chi connectivity index (χ3v) is 3.79. The molecular weight excluding hydrogens is 222 g/mol. The van der Waals surface area contributed by atoms with Crippen molar-refractivity contribution in [2.75, 3.05) is 7.05 Å². The first kappa shape index (κ1) is 13.4. The molecule has 1 N–H and O–H groups in total. The Hall–Kier alpha value is -1.02. The largest absolute Gasteiger partial charge is 0.491 e. The van der Waals surface area contributed by atoms with E-state index in [-0.39, 0.29) is 6.10 Å². The van der Waals surface area contributed by atoms with Gasteiger partial charge in [-0.15, -0.1) is 0 Å². The molecule has 18 heavy (non-hydrogen) atoms. The number of ether oxygens (including phenoxy) is 1. The van der Waals surface area contributed by atoms with Gasteiger partial charge in [0, 0.05) is 6.04 Å². The zero-order valence-corrected chi connectivity index (χ0v) is 11.9. The van der Waals surface area contributed by atoms with Crippen molar-refractivity contribution in [3.8, 4) is 5.75 Å². The molecule has 0 saturated heterocycles. The van der Waals surface area contributed by atoms with Gasteiger partial charge in [0.05, 0.1) is 6.10 Å². The van der Waals surface area contributed by atoms with Gasteiger partial charge in [0.1, 0.15) is 5.75 Å². The van der Waals surface area contributed by atoms with Gasteiger partial charge in [0.15, 0.2) is 0 Å². The highest BCUT2D eigenvalue weighted by Crippen LogP contribution is 2.42. The Kier molecular flexibility index (Phi) is 4.28. The maximum atomic E-state index is 5.78. The van der Waals surface area contributed by atoms with Gasteiger partial charge >= 0.3 is 0 Å². The zero-order chi connectivity index (χ0) is 13.1. The van der Waals surface area contributed by atoms with Crippen molar-refractivity contribution < 1.29 is 4.74 Å². The topological polar surface area (TPSA) is 21.3 Å². The molecule has 2 nitrogen and oxygen atoms in total. The normalized spacial score (nSPS) is 18.7. The van der Waals surface area contributed by atoms with Crippen LogP contribution in [0.5, 0.6) is 5.75 Å². The van der Waals surface area contributed by atoms with Crippen molar-refractivity contribution in [3.63, 3.8) is 0 Å². The molecule has 1 fully saturated rings. The van der Waals surface area contributed by atoms with E-state index < -0.39 is 0 Å². The van der Waals surface area contributed by atoms with E-state index >= 15 is 0 Å². The summed E-state index contributed by atoms with van der Waals surface area (Å²) in [5, 5.41) is 3.46. The van der Waals surface area contributed by atoms with E-state index in [2.05, 4.69) is 51.3 Å². The van der Waals surface area contributed by atoms with E-state index in [9.17, 15) is 0 Å². The first-order valence-corrected chi connectivity index (χ1v) is 7.05. The smallest absolute Gasteiger partial charge is 0.120 e. The van der Waals surface area contributed by atoms with E-state index in [0.29, 0.717) is 12.0 Å². The van der Waals surface area contributed by atoms with Gasteiger partial charge in [-0.1, -0.05) is 19.1 Å². The van der Waals surface area contributed by atoms with Gasteiger partial charge in [0.2, 0.25) is 0 Å². The number of rotatable bonds is 6. The fraction of sp³-hybridized carbons (Fsp3) is 0.625. The average molecular weight is 247 g/mol. The summed E-state index contributed by atoms with van der Waals surface area (Å²) in [4.78, 5) is 0. The summed E-state index contributed by atoms with van der Waals surface area (Å²) in [6.45, 7) is 6.49. The van der Waals surface area contributed by atoms with Crippen molar-refractivity contribution in [2.45, 2.75) is 45.8 Å². The van der Waals surface area contributed by atoms with Crippen LogP contribution in [0.25, 0.3) is 0 Å². The van der Waals surface area contributed by atoms with Crippen LogP contribution in [0.3, 0.4) is 0 Å². The molecule has 2 rings (SSSR count). The molecule has 2 atom stereocenters. The summed E-state index contributed by atoms with van der Waals surface area (Å²) in [5.74, 6) is 2.58. The Labute approximate surface area is 111 Å². The average Bonchev–Trinajstić information content (AvgIpc) is 3.13. The monoisotopic (exact) mass is 247 g/mol. The third kappa shape index (κ3) is 3.26. The summed E-state index contributed by atoms with van der Waals surface area (Å²) in [6, 6.07) is 8.95. The molecule has 100 valence electrons. The van der Waals surface area contributed by atoms with E-state index in [1.165, 1.54) is 18.4 Å². The van der Waals surface area contributed by atoms with Gasteiger partial charge in [-0.2, -0.15) is 0 Å². The standard InChI is InChI=1S/C16H25NO/c1-11(2)18-15-7-5-6-14(10-15)16(17-4)12(3)13-8-9-13/h5-7,10-13,16-17H,8-9H2,1-4H3. The molecule has 1 saturated carbocycles. The Morgan fingerprint density at radius 1 is 1.22 bits per heavy atom. The lowest BCUT2D eigenvalue weighted by molar-refractivity contribution is 0.241. The molecule has 0 radical (unpaired) electrons. The van der Waals surface area contributed by atoms with E-state index in [0.717, 1.165) is 11.7 Å². The van der Waals surface area contributed by atoms with Gasteiger partial charge in [-0.3, -0.25) is 0 Å². The lowest BCUT2D eigenvalue weighted by Crippen LogP contribution is -2.24. The summed E-state index contributed by atoms with van der Waals surface area (Å²) < 4.78 is 5.78. The second-order valence-corrected chi connectivity index (χ2v) is 5.70. The van der Waals surface area contributed by atoms with Crippen molar-refractivity contribution in [1.82, 2.24) is 5.32 Å². The minimum atomic E-state index is 0.231. The van der Waals surface area contributed by atoms with Crippen LogP contribution in [-0.2, 0) is 0 Å². The van der Waals surface area contributed by atoms with Crippen LogP contribution in [0.4, 0.5) is 0 Å². The zero-order valence-electron chi connectivity index (χ0n) is 11.9. The number of hydrogen-bond acceptors (Lipinski definition) is 2. The minimum Gasteiger partial charge on any atom is -0.491 e. The van der Waals surface area contributed by atoms with Gasteiger partial charge in [0.25, 0.3) is 0 Å². The lowest BCUT2D eigenvalue weighted by Gasteiger charge is -2.24. The molecule has 0 amide bonds. The predicted molar refractivity (Wildman–Crippen MR) is 75.9 cm³/mol. The lowest BCUT2D eigenvalue weighted by atomic mass is 9.91. The Balaban J connectivity index is 2.14. The van der Waals surface area contributed by atoms with Crippen LogP contribution in [0, 0.1) is 11.8 Å². The van der Waals surface area contributed by atoms with Gasteiger partial charge < -0.3 is 10.1 Å². The molecular formula is C16H25NO. The van der Waals surface area contributed by atoms with Crippen molar-refractivity contribution in [1.29, 1.82) is 0 Å². The highest BCUT2D eigenvalue weighted by atomic mass is 16.5. The number of hydrogen-bond donors (Lipinski definition) is 1. The Morgan fingerprint density at radius 2 is 1.94 bits per heavy atom. The molecule has 0 aliphatic heterocycles. The molecule has 2 unspecified atom stereocenters. The fourth-order valence-electron chi connectivity index (χ4n) is 2.68. The van der Waals surface area contributed by atoms with Crippen LogP contribution in [0.15, 0.2) is 24.3 Å². The van der Waals surface area contributed by atoms with Crippen molar-refractivity contribution in [2.24, 2.45) is 11.8 Å². The van der Waals surface area contributed by atoms with Crippen LogP contribution >= 0.6 is 0 Å². The minimum absolute atomic E-state index is 0.231. The van der Waals surface area contributed by atoms with Gasteiger partial charge in [-0.05, 0) is 63.3 Å². The summed E-state index contributed by atoms with van der Waals surface area (Å²) in [5.41, 5.74) is 1.34. The SMILES string of the molecule is CNC(c1cccc(OC(C)C)c1)C(C)C1CC1. The molecule has 0 bridgehead atoms. The van der Waals surface area contributed by atoms with Crippen LogP contribution in [-0.4, -0.2) is 13.2 Å². The molecule has 1 aromatic carbocycles. The van der Waals surface area contributed by atoms with Crippen molar-refractivity contribution >= 4 is 0 Å². The maximum Gasteiger partial charge on any atom is 0.120 e. The quantitative estimate of drug-likeness (QED) is 0.826. The molecule has 0 heterocycles. The summed E-state index contributed by atoms with van der Waals surface area (Å²) in [6.07, 6.45) is 3.01. The van der Waals surface area contributed by atoms with Crippen LogP contribution in [0.2, 0.25) is 0 Å². The molecule has 1 aliphatic rings. The summed E-state index contributed by atoms with van der Waals surface area (Å²) >= 11 is 0. The molecule has 0 spiro atoms. The van der Waals surface area contributed by atoms with E-state index in [4.69, 9.17) is 4.74 Å². The number of nitrogens with one attached hydrogen (secondary N) is 1. The van der Waals surface area contributed by atoms with Crippen LogP contribution < -0.4 is 10.1 Å². The van der Waals surface area contributed by atoms with E-state index in [1.54, 1.807) is 0 Å². The number of benzene rings is 1. The highest BCUT2D eigenvalue weighted by Gasteiger charge is 2.33. The Morgan fingerprint density at radius 3 is 2.50 bits per heavy atom. The Bertz CT molecular complexity index is 384. The second-order valence-electron chi connectivity index (χ2n) is 5.70. The van der Waals surface area contributed by atoms with E-state index in [1.807, 2.05) is 6.07 Å². The third-order valence-electron chi connectivity index (χ3n) is 3.79. The summed E-state index contributed by atoms with van der Waals surface area (Å²) in [7, 11) is 2.06. The predicted octanol–water partition coefficient (Wildman–Crippen LogP) is 3.78. The molecule has 2 heteroatoms. The highest BCUT2D eigenvalue weighted by molar-refractivity contribution is 5.31. The first-order valence-electron chi connectivity index (χ1n) is 7.05. The fourth-order valence-corrected chi connectivity index (χ4v) is 2.68. The van der Waals surface area contributed by atoms with Crippen LogP contribution in [0.1, 0.15) is 45.2 Å². The molecule has 1 aromatic rings. The van der Waals surface area contributed by atoms with Crippen molar-refractivity contribution in [3.05, 3.63) is 29.8 Å². The first-order chi connectivity index (χ1) is 8.61. The van der Waals surface area contributed by atoms with Gasteiger partial charge in [-0.25, -0.2) is 0 Å². The molecule has 1 aliphatic carbocycles.